The number of hydrogen-bond donors (Lipinski definition) is 0. The van der Waals surface area contributed by atoms with Crippen LogP contribution >= 0.6 is 11.3 Å². The van der Waals surface area contributed by atoms with E-state index >= 15 is 0 Å². The number of carbonyl (C=O) groups is 1. The fourth-order valence-corrected chi connectivity index (χ4v) is 5.88. The molecule has 37 heavy (non-hydrogen) atoms. The lowest BCUT2D eigenvalue weighted by atomic mass is 9.96. The van der Waals surface area contributed by atoms with Crippen molar-refractivity contribution in [2.45, 2.75) is 46.1 Å². The van der Waals surface area contributed by atoms with E-state index in [4.69, 9.17) is 13.9 Å². The van der Waals surface area contributed by atoms with E-state index in [0.717, 1.165) is 43.1 Å². The molecule has 3 aromatic rings. The lowest BCUT2D eigenvalue weighted by Crippen LogP contribution is -2.39. The number of benzene rings is 1. The minimum atomic E-state index is -0.659. The normalized spacial score (nSPS) is 18.0. The van der Waals surface area contributed by atoms with Crippen LogP contribution in [0.5, 0.6) is 5.75 Å². The molecule has 0 N–H and O–H groups in total. The molecule has 0 amide bonds. The van der Waals surface area contributed by atoms with Crippen LogP contribution < -0.4 is 24.5 Å². The fourth-order valence-electron chi connectivity index (χ4n) is 4.85. The second-order valence-corrected chi connectivity index (χ2v) is 10.0. The molecule has 1 unspecified atom stereocenters. The zero-order chi connectivity index (χ0) is 25.9. The van der Waals surface area contributed by atoms with Gasteiger partial charge >= 0.3 is 5.97 Å². The molecule has 1 fully saturated rings. The molecule has 0 radical (unpaired) electrons. The van der Waals surface area contributed by atoms with Gasteiger partial charge in [-0.15, -0.1) is 0 Å². The highest BCUT2D eigenvalue weighted by Gasteiger charge is 2.33. The Labute approximate surface area is 219 Å². The fraction of sp³-hybridized carbons (Fsp3) is 0.393. The van der Waals surface area contributed by atoms with E-state index in [1.54, 1.807) is 24.5 Å². The zero-order valence-electron chi connectivity index (χ0n) is 21.4. The van der Waals surface area contributed by atoms with Gasteiger partial charge in [0.15, 0.2) is 10.7 Å². The molecule has 9 heteroatoms. The third-order valence-electron chi connectivity index (χ3n) is 6.58. The Hall–Kier alpha value is -3.59. The van der Waals surface area contributed by atoms with E-state index in [0.29, 0.717) is 33.0 Å². The Bertz CT molecular complexity index is 1490. The Balaban J connectivity index is 1.59. The number of thiazole rings is 1. The Kier molecular flexibility index (Phi) is 7.32. The predicted octanol–water partition coefficient (Wildman–Crippen LogP) is 3.78. The van der Waals surface area contributed by atoms with Gasteiger partial charge in [0.2, 0.25) is 0 Å². The van der Waals surface area contributed by atoms with E-state index in [9.17, 15) is 9.59 Å². The first kappa shape index (κ1) is 25.1. The summed E-state index contributed by atoms with van der Waals surface area (Å²) in [6, 6.07) is 10.6. The highest BCUT2D eigenvalue weighted by atomic mass is 32.1. The molecule has 5 rings (SSSR count). The minimum absolute atomic E-state index is 0.229. The monoisotopic (exact) mass is 521 g/mol. The maximum absolute atomic E-state index is 13.7. The van der Waals surface area contributed by atoms with Gasteiger partial charge in [-0.1, -0.05) is 23.5 Å². The maximum atomic E-state index is 13.7. The Morgan fingerprint density at radius 1 is 1.11 bits per heavy atom. The Morgan fingerprint density at radius 3 is 2.57 bits per heavy atom. The van der Waals surface area contributed by atoms with E-state index in [1.165, 1.54) is 17.8 Å². The molecule has 4 heterocycles. The smallest absolute Gasteiger partial charge is 0.338 e. The number of ether oxygens (including phenoxy) is 2. The molecule has 0 bridgehead atoms. The van der Waals surface area contributed by atoms with E-state index < -0.39 is 12.0 Å². The highest BCUT2D eigenvalue weighted by Crippen LogP contribution is 2.31. The molecule has 2 aliphatic heterocycles. The number of esters is 1. The van der Waals surface area contributed by atoms with Crippen molar-refractivity contribution in [3.8, 4) is 5.75 Å². The first-order chi connectivity index (χ1) is 18.0. The standard InChI is InChI=1S/C28H31N3O5S/c1-4-34-20-11-9-19(10-12-20)25-24(27(33)35-5-2)18(3)29-28-31(25)26(32)22(37-28)17-21-13-14-23(36-21)30-15-7-6-8-16-30/h9-14,17,25H,4-8,15-16H2,1-3H3/b22-17+. The van der Waals surface area contributed by atoms with Crippen molar-refractivity contribution in [1.82, 2.24) is 4.57 Å². The molecule has 1 aromatic carbocycles. The van der Waals surface area contributed by atoms with Crippen LogP contribution in [0, 0.1) is 0 Å². The zero-order valence-corrected chi connectivity index (χ0v) is 22.2. The van der Waals surface area contributed by atoms with E-state index in [1.807, 2.05) is 43.3 Å². The quantitative estimate of drug-likeness (QED) is 0.440. The molecular formula is C28H31N3O5S. The van der Waals surface area contributed by atoms with Crippen LogP contribution in [-0.4, -0.2) is 36.8 Å². The van der Waals surface area contributed by atoms with E-state index in [-0.39, 0.29) is 12.2 Å². The summed E-state index contributed by atoms with van der Waals surface area (Å²) in [5.74, 6) is 1.68. The van der Waals surface area contributed by atoms with E-state index in [2.05, 4.69) is 9.89 Å². The molecule has 8 nitrogen and oxygen atoms in total. The van der Waals surface area contributed by atoms with Gasteiger partial charge in [-0.3, -0.25) is 9.36 Å². The van der Waals surface area contributed by atoms with Crippen molar-refractivity contribution >= 4 is 29.3 Å². The highest BCUT2D eigenvalue weighted by molar-refractivity contribution is 7.07. The summed E-state index contributed by atoms with van der Waals surface area (Å²) in [7, 11) is 0. The van der Waals surface area contributed by atoms with Crippen molar-refractivity contribution in [3.63, 3.8) is 0 Å². The van der Waals surface area contributed by atoms with Crippen LogP contribution in [0.4, 0.5) is 5.88 Å². The summed E-state index contributed by atoms with van der Waals surface area (Å²) in [5, 5.41) is 0. The molecule has 0 aliphatic carbocycles. The average Bonchev–Trinajstić information content (AvgIpc) is 3.49. The summed E-state index contributed by atoms with van der Waals surface area (Å²) in [4.78, 5) is 34.2. The number of carbonyl (C=O) groups excluding carboxylic acids is 1. The lowest BCUT2D eigenvalue weighted by molar-refractivity contribution is -0.139. The third kappa shape index (κ3) is 5.00. The number of allylic oxidation sites excluding steroid dienone is 1. The van der Waals surface area contributed by atoms with Crippen LogP contribution in [0.1, 0.15) is 57.4 Å². The van der Waals surface area contributed by atoms with Crippen LogP contribution in [0.15, 0.2) is 61.9 Å². The van der Waals surface area contributed by atoms with Crippen molar-refractivity contribution in [2.75, 3.05) is 31.2 Å². The topological polar surface area (TPSA) is 86.3 Å². The number of rotatable bonds is 7. The average molecular weight is 522 g/mol. The van der Waals surface area contributed by atoms with Crippen molar-refractivity contribution < 1.29 is 18.7 Å². The van der Waals surface area contributed by atoms with Gasteiger partial charge in [0.05, 0.1) is 35.1 Å². The molecule has 0 spiro atoms. The Morgan fingerprint density at radius 2 is 1.86 bits per heavy atom. The summed E-state index contributed by atoms with van der Waals surface area (Å²) >= 11 is 1.29. The van der Waals surface area contributed by atoms with Gasteiger partial charge in [-0.25, -0.2) is 9.79 Å². The molecule has 2 aromatic heterocycles. The lowest BCUT2D eigenvalue weighted by Gasteiger charge is -2.25. The number of hydrogen-bond acceptors (Lipinski definition) is 8. The molecule has 2 aliphatic rings. The second-order valence-electron chi connectivity index (χ2n) is 9.03. The SMILES string of the molecule is CCOC(=O)C1=C(C)N=c2s/c(=C/c3ccc(N4CCCCC4)o3)c(=O)n2C1c1ccc(OCC)cc1. The maximum Gasteiger partial charge on any atom is 0.338 e. The predicted molar refractivity (Wildman–Crippen MR) is 143 cm³/mol. The summed E-state index contributed by atoms with van der Waals surface area (Å²) in [5.41, 5.74) is 1.44. The molecule has 0 saturated carbocycles. The summed E-state index contributed by atoms with van der Waals surface area (Å²) in [6.07, 6.45) is 5.31. The number of nitrogens with zero attached hydrogens (tertiary/aromatic N) is 3. The number of aromatic nitrogens is 1. The largest absolute Gasteiger partial charge is 0.494 e. The van der Waals surface area contributed by atoms with Gasteiger partial charge in [-0.2, -0.15) is 0 Å². The molecule has 1 atom stereocenters. The van der Waals surface area contributed by atoms with Crippen LogP contribution in [0.3, 0.4) is 0 Å². The first-order valence-electron chi connectivity index (χ1n) is 12.8. The van der Waals surface area contributed by atoms with Crippen LogP contribution in [0.2, 0.25) is 0 Å². The second kappa shape index (κ2) is 10.8. The number of furan rings is 1. The van der Waals surface area contributed by atoms with Crippen LogP contribution in [-0.2, 0) is 9.53 Å². The van der Waals surface area contributed by atoms with Crippen molar-refractivity contribution in [3.05, 3.63) is 78.7 Å². The van der Waals surface area contributed by atoms with Gasteiger partial charge in [0.1, 0.15) is 11.5 Å². The van der Waals surface area contributed by atoms with Gasteiger partial charge in [-0.05, 0) is 63.8 Å². The van der Waals surface area contributed by atoms with Gasteiger partial charge in [0.25, 0.3) is 5.56 Å². The third-order valence-corrected chi connectivity index (χ3v) is 7.56. The van der Waals surface area contributed by atoms with Crippen molar-refractivity contribution in [2.24, 2.45) is 4.99 Å². The first-order valence-corrected chi connectivity index (χ1v) is 13.6. The molecule has 194 valence electrons. The summed E-state index contributed by atoms with van der Waals surface area (Å²) < 4.78 is 19.1. The number of fused-ring (bicyclic) bond motifs is 1. The molecule has 1 saturated heterocycles. The van der Waals surface area contributed by atoms with Gasteiger partial charge in [0, 0.05) is 25.2 Å². The number of piperidine rings is 1. The van der Waals surface area contributed by atoms with Crippen LogP contribution in [0.25, 0.3) is 6.08 Å². The summed E-state index contributed by atoms with van der Waals surface area (Å²) in [6.45, 7) is 8.20. The number of anilines is 1. The van der Waals surface area contributed by atoms with Crippen molar-refractivity contribution in [1.29, 1.82) is 0 Å². The van der Waals surface area contributed by atoms with Gasteiger partial charge < -0.3 is 18.8 Å². The minimum Gasteiger partial charge on any atom is -0.494 e. The molecular weight excluding hydrogens is 490 g/mol.